The van der Waals surface area contributed by atoms with E-state index in [2.05, 4.69) is 29.5 Å². The van der Waals surface area contributed by atoms with Crippen molar-refractivity contribution >= 4 is 17.4 Å². The minimum absolute atomic E-state index is 0.0462. The van der Waals surface area contributed by atoms with E-state index in [1.54, 1.807) is 6.20 Å². The maximum Gasteiger partial charge on any atom is 0.255 e. The molecular formula is C17H24N4O. The molecule has 3 rings (SSSR count). The second-order valence-electron chi connectivity index (χ2n) is 6.74. The highest BCUT2D eigenvalue weighted by molar-refractivity contribution is 6.00. The van der Waals surface area contributed by atoms with Gasteiger partial charge < -0.3 is 10.6 Å². The Bertz CT molecular complexity index is 713. The largest absolute Gasteiger partial charge is 0.373 e. The lowest BCUT2D eigenvalue weighted by Crippen LogP contribution is -2.51. The summed E-state index contributed by atoms with van der Waals surface area (Å²) >= 11 is 0. The van der Waals surface area contributed by atoms with E-state index in [0.29, 0.717) is 17.1 Å². The van der Waals surface area contributed by atoms with Crippen LogP contribution in [0.2, 0.25) is 0 Å². The monoisotopic (exact) mass is 300 g/mol. The smallest absolute Gasteiger partial charge is 0.255 e. The first-order valence-corrected chi connectivity index (χ1v) is 7.91. The Balaban J connectivity index is 1.94. The van der Waals surface area contributed by atoms with Crippen LogP contribution in [0.25, 0.3) is 5.65 Å². The van der Waals surface area contributed by atoms with Crippen molar-refractivity contribution in [3.8, 4) is 0 Å². The molecule has 22 heavy (non-hydrogen) atoms. The van der Waals surface area contributed by atoms with E-state index in [1.165, 1.54) is 19.3 Å². The summed E-state index contributed by atoms with van der Waals surface area (Å²) in [4.78, 5) is 17.2. The quantitative estimate of drug-likeness (QED) is 0.912. The van der Waals surface area contributed by atoms with Gasteiger partial charge in [0.2, 0.25) is 0 Å². The van der Waals surface area contributed by atoms with E-state index >= 15 is 0 Å². The number of fused-ring (bicyclic) bond motifs is 1. The SMILES string of the molecule is CNc1cnc2c(C(=O)NC(C)(C)C3CCC3)ccc(C)n12. The molecule has 2 aromatic heterocycles. The van der Waals surface area contributed by atoms with Crippen LogP contribution in [-0.2, 0) is 0 Å². The van der Waals surface area contributed by atoms with Crippen molar-refractivity contribution in [1.82, 2.24) is 14.7 Å². The van der Waals surface area contributed by atoms with Gasteiger partial charge in [0.1, 0.15) is 5.82 Å². The number of amides is 1. The van der Waals surface area contributed by atoms with Crippen molar-refractivity contribution < 1.29 is 4.79 Å². The van der Waals surface area contributed by atoms with Gasteiger partial charge in [0.25, 0.3) is 5.91 Å². The van der Waals surface area contributed by atoms with Gasteiger partial charge in [0.05, 0.1) is 11.8 Å². The molecule has 1 aliphatic rings. The maximum absolute atomic E-state index is 12.7. The van der Waals surface area contributed by atoms with Crippen LogP contribution in [0.15, 0.2) is 18.3 Å². The van der Waals surface area contributed by atoms with Crippen LogP contribution in [0.3, 0.4) is 0 Å². The first kappa shape index (κ1) is 14.9. The first-order chi connectivity index (χ1) is 10.4. The number of carbonyl (C=O) groups is 1. The highest BCUT2D eigenvalue weighted by atomic mass is 16.1. The number of aryl methyl sites for hydroxylation is 1. The molecule has 2 heterocycles. The average Bonchev–Trinajstić information content (AvgIpc) is 2.80. The number of anilines is 1. The fourth-order valence-electron chi connectivity index (χ4n) is 3.20. The second kappa shape index (κ2) is 5.30. The summed E-state index contributed by atoms with van der Waals surface area (Å²) < 4.78 is 1.98. The van der Waals surface area contributed by atoms with E-state index in [1.807, 2.05) is 30.5 Å². The van der Waals surface area contributed by atoms with Crippen LogP contribution in [0.5, 0.6) is 0 Å². The van der Waals surface area contributed by atoms with Crippen molar-refractivity contribution in [2.24, 2.45) is 5.92 Å². The van der Waals surface area contributed by atoms with Gasteiger partial charge in [-0.2, -0.15) is 0 Å². The number of rotatable bonds is 4. The third kappa shape index (κ3) is 2.34. The first-order valence-electron chi connectivity index (χ1n) is 7.91. The molecule has 0 saturated heterocycles. The lowest BCUT2D eigenvalue weighted by Gasteiger charge is -2.41. The van der Waals surface area contributed by atoms with Gasteiger partial charge in [0.15, 0.2) is 5.65 Å². The molecule has 0 unspecified atom stereocenters. The zero-order valence-corrected chi connectivity index (χ0v) is 13.7. The highest BCUT2D eigenvalue weighted by Crippen LogP contribution is 2.36. The van der Waals surface area contributed by atoms with E-state index in [9.17, 15) is 4.79 Å². The second-order valence-corrected chi connectivity index (χ2v) is 6.74. The van der Waals surface area contributed by atoms with Crippen molar-refractivity contribution in [3.63, 3.8) is 0 Å². The minimum atomic E-state index is -0.171. The van der Waals surface area contributed by atoms with E-state index in [4.69, 9.17) is 0 Å². The zero-order valence-electron chi connectivity index (χ0n) is 13.7. The van der Waals surface area contributed by atoms with Crippen molar-refractivity contribution in [2.45, 2.75) is 45.6 Å². The number of imidazole rings is 1. The molecule has 1 amide bonds. The molecule has 1 aliphatic carbocycles. The molecule has 5 heteroatoms. The molecular weight excluding hydrogens is 276 g/mol. The van der Waals surface area contributed by atoms with Crippen LogP contribution in [0.1, 0.15) is 49.2 Å². The van der Waals surface area contributed by atoms with Crippen LogP contribution in [0, 0.1) is 12.8 Å². The van der Waals surface area contributed by atoms with Crippen LogP contribution in [0.4, 0.5) is 5.82 Å². The molecule has 0 radical (unpaired) electrons. The van der Waals surface area contributed by atoms with Gasteiger partial charge in [0, 0.05) is 18.3 Å². The fraction of sp³-hybridized carbons (Fsp3) is 0.529. The van der Waals surface area contributed by atoms with Crippen LogP contribution in [-0.4, -0.2) is 27.9 Å². The number of aromatic nitrogens is 2. The van der Waals surface area contributed by atoms with E-state index in [0.717, 1.165) is 11.5 Å². The predicted molar refractivity (Wildman–Crippen MR) is 88.4 cm³/mol. The average molecular weight is 300 g/mol. The number of pyridine rings is 1. The summed E-state index contributed by atoms with van der Waals surface area (Å²) in [6.07, 6.45) is 5.43. The number of hydrogen-bond acceptors (Lipinski definition) is 3. The summed E-state index contributed by atoms with van der Waals surface area (Å²) in [7, 11) is 1.86. The molecule has 5 nitrogen and oxygen atoms in total. The Hall–Kier alpha value is -2.04. The standard InChI is InChI=1S/C17H24N4O/c1-11-8-9-13(15-19-10-14(18-4)21(11)15)16(22)20-17(2,3)12-6-5-7-12/h8-10,12,18H,5-7H2,1-4H3,(H,20,22). The molecule has 2 aromatic rings. The topological polar surface area (TPSA) is 58.4 Å². The summed E-state index contributed by atoms with van der Waals surface area (Å²) in [6.45, 7) is 6.24. The third-order valence-corrected chi connectivity index (χ3v) is 4.91. The Morgan fingerprint density at radius 1 is 1.36 bits per heavy atom. The molecule has 2 N–H and O–H groups in total. The Morgan fingerprint density at radius 2 is 2.09 bits per heavy atom. The Labute approximate surface area is 131 Å². The van der Waals surface area contributed by atoms with Gasteiger partial charge in [-0.15, -0.1) is 0 Å². The molecule has 1 fully saturated rings. The number of nitrogens with zero attached hydrogens (tertiary/aromatic N) is 2. The van der Waals surface area contributed by atoms with Crippen molar-refractivity contribution in [3.05, 3.63) is 29.6 Å². The molecule has 0 aromatic carbocycles. The molecule has 0 bridgehead atoms. The number of nitrogens with one attached hydrogen (secondary N) is 2. The summed E-state index contributed by atoms with van der Waals surface area (Å²) in [6, 6.07) is 3.82. The van der Waals surface area contributed by atoms with Crippen molar-refractivity contribution in [2.75, 3.05) is 12.4 Å². The van der Waals surface area contributed by atoms with Crippen LogP contribution < -0.4 is 10.6 Å². The summed E-state index contributed by atoms with van der Waals surface area (Å²) in [5, 5.41) is 6.31. The van der Waals surface area contributed by atoms with Gasteiger partial charge in [-0.05, 0) is 51.7 Å². The van der Waals surface area contributed by atoms with E-state index < -0.39 is 0 Å². The van der Waals surface area contributed by atoms with Gasteiger partial charge in [-0.3, -0.25) is 9.20 Å². The van der Waals surface area contributed by atoms with Gasteiger partial charge >= 0.3 is 0 Å². The minimum Gasteiger partial charge on any atom is -0.373 e. The molecule has 0 atom stereocenters. The Morgan fingerprint density at radius 3 is 2.68 bits per heavy atom. The third-order valence-electron chi connectivity index (χ3n) is 4.91. The molecule has 0 spiro atoms. The number of hydrogen-bond donors (Lipinski definition) is 2. The summed E-state index contributed by atoms with van der Waals surface area (Å²) in [5.74, 6) is 1.42. The predicted octanol–water partition coefficient (Wildman–Crippen LogP) is 2.99. The number of carbonyl (C=O) groups excluding carboxylic acids is 1. The molecule has 118 valence electrons. The van der Waals surface area contributed by atoms with Gasteiger partial charge in [-0.25, -0.2) is 4.98 Å². The lowest BCUT2D eigenvalue weighted by atomic mass is 9.72. The van der Waals surface area contributed by atoms with Crippen molar-refractivity contribution in [1.29, 1.82) is 0 Å². The molecule has 0 aliphatic heterocycles. The molecule has 1 saturated carbocycles. The Kier molecular flexibility index (Phi) is 3.59. The fourth-order valence-corrected chi connectivity index (χ4v) is 3.20. The maximum atomic E-state index is 12.7. The summed E-state index contributed by atoms with van der Waals surface area (Å²) in [5.41, 5.74) is 2.20. The van der Waals surface area contributed by atoms with E-state index in [-0.39, 0.29) is 11.4 Å². The normalized spacial score (nSPS) is 15.6. The van der Waals surface area contributed by atoms with Gasteiger partial charge in [-0.1, -0.05) is 6.42 Å². The zero-order chi connectivity index (χ0) is 15.9. The van der Waals surface area contributed by atoms with Crippen LogP contribution >= 0.6 is 0 Å². The lowest BCUT2D eigenvalue weighted by molar-refractivity contribution is 0.0827. The highest BCUT2D eigenvalue weighted by Gasteiger charge is 2.35.